The van der Waals surface area contributed by atoms with Gasteiger partial charge in [-0.3, -0.25) is 0 Å². The molecule has 0 aromatic rings. The zero-order chi connectivity index (χ0) is 10.1. The fraction of sp³-hybridized carbons (Fsp3) is 0.400. The normalized spacial score (nSPS) is 7.75. The van der Waals surface area contributed by atoms with Gasteiger partial charge in [0.1, 0.15) is 0 Å². The van der Waals surface area contributed by atoms with Crippen molar-refractivity contribution in [3.05, 3.63) is 27.5 Å². The van der Waals surface area contributed by atoms with Gasteiger partial charge in [-0.05, 0) is 18.5 Å². The predicted octanol–water partition coefficient (Wildman–Crippen LogP) is -1.60. The highest BCUT2D eigenvalue weighted by Crippen LogP contribution is 1.90. The molecule has 0 aromatic carbocycles. The minimum atomic E-state index is -1.75. The molecule has 0 unspecified atom stereocenters. The second-order valence-corrected chi connectivity index (χ2v) is 1.65. The highest BCUT2D eigenvalue weighted by Gasteiger charge is 1.89. The summed E-state index contributed by atoms with van der Waals surface area (Å²) >= 11 is 0. The van der Waals surface area contributed by atoms with Crippen LogP contribution in [0.3, 0.4) is 0 Å². The van der Waals surface area contributed by atoms with Crippen molar-refractivity contribution in [2.24, 2.45) is 5.73 Å². The number of aliphatic carboxylic acids is 1. The molecule has 0 aliphatic carbocycles. The van der Waals surface area contributed by atoms with Crippen LogP contribution in [0.15, 0.2) is 12.2 Å². The number of nitrogens with two attached hydrogens (primary N) is 1. The van der Waals surface area contributed by atoms with Crippen LogP contribution < -0.4 is 10.8 Å². The molecule has 0 rings (SSSR count). The van der Waals surface area contributed by atoms with Gasteiger partial charge >= 0.3 is 0 Å². The summed E-state index contributed by atoms with van der Waals surface area (Å²) in [6.07, 6.45) is 0.308. The molecular formula is C5H8N2O5-2. The minimum absolute atomic E-state index is 0.0625. The van der Waals surface area contributed by atoms with E-state index in [1.807, 2.05) is 0 Å². The summed E-state index contributed by atoms with van der Waals surface area (Å²) in [4.78, 5) is 18.1. The summed E-state index contributed by atoms with van der Waals surface area (Å²) in [5, 5.41) is 24.6. The van der Waals surface area contributed by atoms with Gasteiger partial charge in [0.05, 0.1) is 11.1 Å². The maximum Gasteiger partial charge on any atom is 0.0689 e. The fourth-order valence-electron chi connectivity index (χ4n) is 0.276. The maximum absolute atomic E-state index is 9.82. The Morgan fingerprint density at radius 2 is 1.83 bits per heavy atom. The topological polar surface area (TPSA) is 132 Å². The van der Waals surface area contributed by atoms with Crippen LogP contribution in [0, 0.1) is 15.3 Å². The third-order valence-electron chi connectivity index (χ3n) is 0.735. The van der Waals surface area contributed by atoms with Gasteiger partial charge in [-0.15, -0.1) is 0 Å². The SMILES string of the molecule is C=C(CCN)C(=O)[O-].O=[N+]([O-])[O-]. The van der Waals surface area contributed by atoms with Crippen LogP contribution in [0.25, 0.3) is 0 Å². The van der Waals surface area contributed by atoms with E-state index in [-0.39, 0.29) is 5.57 Å². The molecule has 2 N–H and O–H groups in total. The van der Waals surface area contributed by atoms with Crippen molar-refractivity contribution in [1.29, 1.82) is 0 Å². The van der Waals surface area contributed by atoms with Gasteiger partial charge in [-0.25, -0.2) is 0 Å². The molecule has 0 atom stereocenters. The Morgan fingerprint density at radius 1 is 1.50 bits per heavy atom. The first-order chi connectivity index (χ1) is 5.41. The molecular weight excluding hydrogens is 168 g/mol. The van der Waals surface area contributed by atoms with Crippen LogP contribution in [-0.2, 0) is 4.79 Å². The van der Waals surface area contributed by atoms with E-state index in [0.717, 1.165) is 0 Å². The summed E-state index contributed by atoms with van der Waals surface area (Å²) in [5.74, 6) is -1.21. The van der Waals surface area contributed by atoms with E-state index in [1.54, 1.807) is 0 Å². The van der Waals surface area contributed by atoms with Gasteiger partial charge in [0.25, 0.3) is 0 Å². The number of carboxylic acids is 1. The van der Waals surface area contributed by atoms with Gasteiger partial charge < -0.3 is 31.0 Å². The van der Waals surface area contributed by atoms with Crippen molar-refractivity contribution in [1.82, 2.24) is 0 Å². The van der Waals surface area contributed by atoms with E-state index < -0.39 is 11.1 Å². The van der Waals surface area contributed by atoms with Crippen LogP contribution in [0.2, 0.25) is 0 Å². The van der Waals surface area contributed by atoms with Gasteiger partial charge in [0.15, 0.2) is 0 Å². The first-order valence-corrected chi connectivity index (χ1v) is 2.82. The van der Waals surface area contributed by atoms with Crippen molar-refractivity contribution in [3.63, 3.8) is 0 Å². The molecule has 0 spiro atoms. The van der Waals surface area contributed by atoms with Crippen LogP contribution in [-0.4, -0.2) is 17.6 Å². The van der Waals surface area contributed by atoms with Gasteiger partial charge in [0, 0.05) is 0 Å². The predicted molar refractivity (Wildman–Crippen MR) is 38.2 cm³/mol. The van der Waals surface area contributed by atoms with E-state index in [2.05, 4.69) is 6.58 Å². The van der Waals surface area contributed by atoms with Gasteiger partial charge in [-0.1, -0.05) is 6.58 Å². The van der Waals surface area contributed by atoms with Gasteiger partial charge in [-0.2, -0.15) is 0 Å². The molecule has 0 bridgehead atoms. The Morgan fingerprint density at radius 3 is 1.92 bits per heavy atom. The number of carbonyl (C=O) groups is 1. The number of hydrogen-bond donors (Lipinski definition) is 1. The molecule has 0 fully saturated rings. The molecule has 0 radical (unpaired) electrons. The third-order valence-corrected chi connectivity index (χ3v) is 0.735. The zero-order valence-corrected chi connectivity index (χ0v) is 6.19. The molecule has 0 saturated carbocycles. The highest BCUT2D eigenvalue weighted by molar-refractivity contribution is 5.83. The van der Waals surface area contributed by atoms with Gasteiger partial charge in [0.2, 0.25) is 0 Å². The maximum atomic E-state index is 9.82. The molecule has 70 valence electrons. The first kappa shape index (κ1) is 13.0. The summed E-state index contributed by atoms with van der Waals surface area (Å²) in [6.45, 7) is 3.51. The number of carbonyl (C=O) groups excluding carboxylic acids is 1. The number of nitrogens with zero attached hydrogens (tertiary/aromatic N) is 1. The molecule has 7 nitrogen and oxygen atoms in total. The molecule has 0 saturated heterocycles. The number of carboxylic acid groups (broad SMARTS) is 1. The average molecular weight is 176 g/mol. The number of hydrogen-bond acceptors (Lipinski definition) is 6. The Bertz CT molecular complexity index is 175. The molecule has 0 aliphatic rings. The lowest BCUT2D eigenvalue weighted by molar-refractivity contribution is -0.402. The van der Waals surface area contributed by atoms with Crippen molar-refractivity contribution < 1.29 is 15.0 Å². The molecule has 0 aromatic heterocycles. The van der Waals surface area contributed by atoms with Crippen molar-refractivity contribution >= 4 is 5.97 Å². The first-order valence-electron chi connectivity index (χ1n) is 2.82. The third kappa shape index (κ3) is 15.8. The van der Waals surface area contributed by atoms with Crippen molar-refractivity contribution in [3.8, 4) is 0 Å². The Kier molecular flexibility index (Phi) is 8.10. The fourth-order valence-corrected chi connectivity index (χ4v) is 0.276. The Balaban J connectivity index is 0. The van der Waals surface area contributed by atoms with Crippen LogP contribution in [0.1, 0.15) is 6.42 Å². The van der Waals surface area contributed by atoms with Crippen molar-refractivity contribution in [2.45, 2.75) is 6.42 Å². The average Bonchev–Trinajstić information content (AvgIpc) is 1.86. The van der Waals surface area contributed by atoms with E-state index >= 15 is 0 Å². The van der Waals surface area contributed by atoms with Crippen LogP contribution >= 0.6 is 0 Å². The summed E-state index contributed by atoms with van der Waals surface area (Å²) < 4.78 is 0. The molecule has 0 amide bonds. The molecule has 0 aliphatic heterocycles. The molecule has 0 heterocycles. The summed E-state index contributed by atoms with van der Waals surface area (Å²) in [6, 6.07) is 0. The monoisotopic (exact) mass is 176 g/mol. The summed E-state index contributed by atoms with van der Waals surface area (Å²) in [7, 11) is 0. The van der Waals surface area contributed by atoms with Crippen LogP contribution in [0.4, 0.5) is 0 Å². The highest BCUT2D eigenvalue weighted by atomic mass is 16.9. The van der Waals surface area contributed by atoms with E-state index in [1.165, 1.54) is 0 Å². The standard InChI is InChI=1S/C5H9NO2.NO3/c1-4(2-3-6)5(7)8;2-1(3)4/h1-3,6H2,(H,7,8);/q;-1/p-1. The Hall–Kier alpha value is -1.63. The number of rotatable bonds is 3. The smallest absolute Gasteiger partial charge is 0.0689 e. The quantitative estimate of drug-likeness (QED) is 0.313. The lowest BCUT2D eigenvalue weighted by atomic mass is 10.2. The van der Waals surface area contributed by atoms with E-state index in [4.69, 9.17) is 21.1 Å². The van der Waals surface area contributed by atoms with E-state index in [9.17, 15) is 9.90 Å². The lowest BCUT2D eigenvalue weighted by Gasteiger charge is -2.01. The molecule has 7 heteroatoms. The second-order valence-electron chi connectivity index (χ2n) is 1.65. The van der Waals surface area contributed by atoms with Crippen molar-refractivity contribution in [2.75, 3.05) is 6.54 Å². The second kappa shape index (κ2) is 7.48. The lowest BCUT2D eigenvalue weighted by Crippen LogP contribution is -2.25. The Labute approximate surface area is 68.2 Å². The molecule has 12 heavy (non-hydrogen) atoms. The largest absolute Gasteiger partial charge is 0.545 e. The van der Waals surface area contributed by atoms with Crippen LogP contribution in [0.5, 0.6) is 0 Å². The minimum Gasteiger partial charge on any atom is -0.545 e. The summed E-state index contributed by atoms with van der Waals surface area (Å²) in [5.41, 5.74) is 5.08. The van der Waals surface area contributed by atoms with E-state index in [0.29, 0.717) is 13.0 Å². The zero-order valence-electron chi connectivity index (χ0n) is 6.19.